The molecule has 21 heavy (non-hydrogen) atoms. The first-order valence-electron chi connectivity index (χ1n) is 6.49. The maximum atomic E-state index is 13.4. The van der Waals surface area contributed by atoms with E-state index in [0.29, 0.717) is 19.1 Å². The van der Waals surface area contributed by atoms with Crippen molar-refractivity contribution in [2.45, 2.75) is 25.4 Å². The number of rotatable bonds is 4. The van der Waals surface area contributed by atoms with Crippen molar-refractivity contribution in [2.24, 2.45) is 0 Å². The maximum absolute atomic E-state index is 13.4. The molecule has 0 saturated carbocycles. The molecule has 0 bridgehead atoms. The molecule has 1 heterocycles. The average molecular weight is 319 g/mol. The van der Waals surface area contributed by atoms with Crippen molar-refractivity contribution < 1.29 is 26.7 Å². The molecule has 116 valence electrons. The molecule has 0 aliphatic carbocycles. The van der Waals surface area contributed by atoms with Crippen molar-refractivity contribution >= 4 is 15.9 Å². The fourth-order valence-electron chi connectivity index (χ4n) is 2.10. The van der Waals surface area contributed by atoms with Crippen LogP contribution in [-0.2, 0) is 14.8 Å². The molecule has 0 spiro atoms. The minimum absolute atomic E-state index is 0.360. The molecule has 5 nitrogen and oxygen atoms in total. The smallest absolute Gasteiger partial charge is 0.267 e. The van der Waals surface area contributed by atoms with Crippen LogP contribution in [0, 0.1) is 11.6 Å². The van der Waals surface area contributed by atoms with Crippen LogP contribution in [0.25, 0.3) is 0 Å². The second-order valence-electron chi connectivity index (χ2n) is 4.83. The summed E-state index contributed by atoms with van der Waals surface area (Å²) in [4.78, 5) is 11.7. The van der Waals surface area contributed by atoms with Crippen LogP contribution in [0.2, 0.25) is 0 Å². The van der Waals surface area contributed by atoms with Crippen LogP contribution in [-0.4, -0.2) is 32.8 Å². The van der Waals surface area contributed by atoms with Gasteiger partial charge in [-0.25, -0.2) is 21.9 Å². The third-order valence-corrected chi connectivity index (χ3v) is 4.41. The molecular formula is C13H15F2NO4S. The van der Waals surface area contributed by atoms with Gasteiger partial charge in [-0.3, -0.25) is 4.79 Å². The van der Waals surface area contributed by atoms with Gasteiger partial charge < -0.3 is 4.74 Å². The van der Waals surface area contributed by atoms with E-state index in [9.17, 15) is 22.0 Å². The standard InChI is InChI=1S/C13H15F2NO4S/c14-9-4-5-11(12(15)7-9)13(17)16-21(18,19)8-10-3-1-2-6-20-10/h4-5,7,10H,1-3,6,8H2,(H,16,17)/t10-/m1/s1. The van der Waals surface area contributed by atoms with E-state index in [1.54, 1.807) is 4.72 Å². The topological polar surface area (TPSA) is 72.5 Å². The van der Waals surface area contributed by atoms with Gasteiger partial charge in [-0.2, -0.15) is 0 Å². The van der Waals surface area contributed by atoms with Gasteiger partial charge in [-0.05, 0) is 31.4 Å². The zero-order valence-corrected chi connectivity index (χ0v) is 12.0. The summed E-state index contributed by atoms with van der Waals surface area (Å²) in [5, 5.41) is 0. The molecule has 0 aromatic heterocycles. The lowest BCUT2D eigenvalue weighted by Crippen LogP contribution is -2.38. The van der Waals surface area contributed by atoms with Crippen molar-refractivity contribution in [3.05, 3.63) is 35.4 Å². The molecule has 1 aromatic rings. The van der Waals surface area contributed by atoms with Gasteiger partial charge in [0.25, 0.3) is 5.91 Å². The number of hydrogen-bond donors (Lipinski definition) is 1. The lowest BCUT2D eigenvalue weighted by Gasteiger charge is -2.22. The van der Waals surface area contributed by atoms with E-state index in [1.165, 1.54) is 0 Å². The Morgan fingerprint density at radius 1 is 1.33 bits per heavy atom. The van der Waals surface area contributed by atoms with E-state index in [2.05, 4.69) is 0 Å². The third-order valence-electron chi connectivity index (χ3n) is 3.10. The predicted molar refractivity (Wildman–Crippen MR) is 71.2 cm³/mol. The van der Waals surface area contributed by atoms with Crippen LogP contribution >= 0.6 is 0 Å². The number of carbonyl (C=O) groups is 1. The Hall–Kier alpha value is -1.54. The monoisotopic (exact) mass is 319 g/mol. The second kappa shape index (κ2) is 6.48. The highest BCUT2D eigenvalue weighted by molar-refractivity contribution is 7.90. The summed E-state index contributed by atoms with van der Waals surface area (Å²) >= 11 is 0. The van der Waals surface area contributed by atoms with E-state index in [-0.39, 0.29) is 5.75 Å². The Balaban J connectivity index is 2.03. The SMILES string of the molecule is O=C(NS(=O)(=O)C[C@H]1CCCCO1)c1ccc(F)cc1F. The molecule has 1 saturated heterocycles. The van der Waals surface area contributed by atoms with Gasteiger partial charge in [-0.15, -0.1) is 0 Å². The molecule has 0 unspecified atom stereocenters. The van der Waals surface area contributed by atoms with Crippen molar-refractivity contribution in [3.8, 4) is 0 Å². The number of benzene rings is 1. The maximum Gasteiger partial charge on any atom is 0.267 e. The van der Waals surface area contributed by atoms with Crippen molar-refractivity contribution in [1.82, 2.24) is 4.72 Å². The van der Waals surface area contributed by atoms with Gasteiger partial charge in [0, 0.05) is 12.7 Å². The van der Waals surface area contributed by atoms with Gasteiger partial charge in [-0.1, -0.05) is 0 Å². The van der Waals surface area contributed by atoms with Gasteiger partial charge in [0.15, 0.2) is 0 Å². The van der Waals surface area contributed by atoms with Gasteiger partial charge >= 0.3 is 0 Å². The Bertz CT molecular complexity index is 627. The molecule has 1 aliphatic heterocycles. The average Bonchev–Trinajstić information content (AvgIpc) is 2.38. The number of halogens is 2. The first-order chi connectivity index (χ1) is 9.87. The zero-order chi connectivity index (χ0) is 15.5. The molecule has 1 aromatic carbocycles. The van der Waals surface area contributed by atoms with E-state index in [4.69, 9.17) is 4.74 Å². The Morgan fingerprint density at radius 3 is 2.71 bits per heavy atom. The van der Waals surface area contributed by atoms with E-state index < -0.39 is 39.2 Å². The number of ether oxygens (including phenoxy) is 1. The van der Waals surface area contributed by atoms with Crippen molar-refractivity contribution in [1.29, 1.82) is 0 Å². The fourth-order valence-corrected chi connectivity index (χ4v) is 3.32. The van der Waals surface area contributed by atoms with Gasteiger partial charge in [0.2, 0.25) is 10.0 Å². The summed E-state index contributed by atoms with van der Waals surface area (Å²) < 4.78 is 56.9. The summed E-state index contributed by atoms with van der Waals surface area (Å²) in [5.41, 5.74) is -0.524. The normalized spacial score (nSPS) is 19.2. The minimum atomic E-state index is -3.94. The number of amides is 1. The first kappa shape index (κ1) is 15.8. The van der Waals surface area contributed by atoms with Crippen LogP contribution in [0.4, 0.5) is 8.78 Å². The second-order valence-corrected chi connectivity index (χ2v) is 6.59. The number of carbonyl (C=O) groups excluding carboxylic acids is 1. The Morgan fingerprint density at radius 2 is 2.10 bits per heavy atom. The molecule has 1 aliphatic rings. The molecule has 2 rings (SSSR count). The summed E-state index contributed by atoms with van der Waals surface area (Å²) in [6.45, 7) is 0.487. The summed E-state index contributed by atoms with van der Waals surface area (Å²) in [7, 11) is -3.94. The summed E-state index contributed by atoms with van der Waals surface area (Å²) in [5.74, 6) is -3.44. The van der Waals surface area contributed by atoms with Crippen LogP contribution in [0.5, 0.6) is 0 Å². The van der Waals surface area contributed by atoms with Crippen LogP contribution in [0.3, 0.4) is 0 Å². The number of sulfonamides is 1. The minimum Gasteiger partial charge on any atom is -0.377 e. The third kappa shape index (κ3) is 4.47. The van der Waals surface area contributed by atoms with Crippen molar-refractivity contribution in [2.75, 3.05) is 12.4 Å². The highest BCUT2D eigenvalue weighted by Gasteiger charge is 2.25. The van der Waals surface area contributed by atoms with E-state index >= 15 is 0 Å². The molecule has 1 atom stereocenters. The van der Waals surface area contributed by atoms with Crippen LogP contribution in [0.1, 0.15) is 29.6 Å². The highest BCUT2D eigenvalue weighted by atomic mass is 32.2. The lowest BCUT2D eigenvalue weighted by molar-refractivity contribution is 0.0304. The van der Waals surface area contributed by atoms with E-state index in [0.717, 1.165) is 25.0 Å². The Labute approximate surface area is 121 Å². The molecule has 8 heteroatoms. The van der Waals surface area contributed by atoms with Crippen molar-refractivity contribution in [3.63, 3.8) is 0 Å². The largest absolute Gasteiger partial charge is 0.377 e. The molecular weight excluding hydrogens is 304 g/mol. The summed E-state index contributed by atoms with van der Waals surface area (Å²) in [6.07, 6.45) is 1.87. The zero-order valence-electron chi connectivity index (χ0n) is 11.1. The first-order valence-corrected chi connectivity index (χ1v) is 8.14. The molecule has 0 radical (unpaired) electrons. The van der Waals surface area contributed by atoms with Crippen LogP contribution < -0.4 is 4.72 Å². The number of nitrogens with one attached hydrogen (secondary N) is 1. The lowest BCUT2D eigenvalue weighted by atomic mass is 10.1. The quantitative estimate of drug-likeness (QED) is 0.915. The van der Waals surface area contributed by atoms with E-state index in [1.807, 2.05) is 0 Å². The Kier molecular flexibility index (Phi) is 4.89. The van der Waals surface area contributed by atoms with Gasteiger partial charge in [0.05, 0.1) is 17.4 Å². The number of hydrogen-bond acceptors (Lipinski definition) is 4. The van der Waals surface area contributed by atoms with Crippen LogP contribution in [0.15, 0.2) is 18.2 Å². The van der Waals surface area contributed by atoms with Gasteiger partial charge in [0.1, 0.15) is 11.6 Å². The molecule has 1 amide bonds. The fraction of sp³-hybridized carbons (Fsp3) is 0.462. The highest BCUT2D eigenvalue weighted by Crippen LogP contribution is 2.15. The molecule has 1 N–H and O–H groups in total. The molecule has 1 fully saturated rings. The predicted octanol–water partition coefficient (Wildman–Crippen LogP) is 1.59. The summed E-state index contributed by atoms with van der Waals surface area (Å²) in [6, 6.07) is 2.30.